The molecule has 21 heavy (non-hydrogen) atoms. The van der Waals surface area contributed by atoms with Crippen LogP contribution in [0.5, 0.6) is 0 Å². The zero-order valence-corrected chi connectivity index (χ0v) is 13.7. The summed E-state index contributed by atoms with van der Waals surface area (Å²) >= 11 is 1.66. The van der Waals surface area contributed by atoms with E-state index in [1.54, 1.807) is 16.7 Å². The molecule has 0 aromatic heterocycles. The minimum atomic E-state index is -0.293. The predicted molar refractivity (Wildman–Crippen MR) is 85.8 cm³/mol. The standard InChI is InChI=1S/C15H27N3O2S/c1-2-3-7-14(19)18-10-21-9-13(18)15(20)17-12-6-4-5-11(12)8-16/h11-13H,2-10,16H2,1H3,(H,17,20). The smallest absolute Gasteiger partial charge is 0.243 e. The van der Waals surface area contributed by atoms with E-state index in [1.807, 2.05) is 0 Å². The van der Waals surface area contributed by atoms with Crippen molar-refractivity contribution in [1.82, 2.24) is 10.2 Å². The number of hydrogen-bond acceptors (Lipinski definition) is 4. The van der Waals surface area contributed by atoms with Gasteiger partial charge in [0, 0.05) is 18.2 Å². The number of unbranched alkanes of at least 4 members (excludes halogenated alkanes) is 1. The molecule has 3 atom stereocenters. The summed E-state index contributed by atoms with van der Waals surface area (Å²) in [6.45, 7) is 2.70. The number of thioether (sulfide) groups is 1. The predicted octanol–water partition coefficient (Wildman–Crippen LogP) is 1.32. The Morgan fingerprint density at radius 1 is 1.38 bits per heavy atom. The number of carbonyl (C=O) groups is 2. The quantitative estimate of drug-likeness (QED) is 0.775. The average Bonchev–Trinajstić information content (AvgIpc) is 3.13. The summed E-state index contributed by atoms with van der Waals surface area (Å²) in [5.74, 6) is 1.88. The topological polar surface area (TPSA) is 75.4 Å². The Labute approximate surface area is 131 Å². The molecule has 3 N–H and O–H groups in total. The number of nitrogens with zero attached hydrogens (tertiary/aromatic N) is 1. The third kappa shape index (κ3) is 4.13. The molecule has 1 saturated heterocycles. The maximum atomic E-state index is 12.5. The number of nitrogens with one attached hydrogen (secondary N) is 1. The van der Waals surface area contributed by atoms with Crippen LogP contribution >= 0.6 is 11.8 Å². The second kappa shape index (κ2) is 8.03. The molecule has 0 aromatic carbocycles. The van der Waals surface area contributed by atoms with Crippen LogP contribution in [0.4, 0.5) is 0 Å². The van der Waals surface area contributed by atoms with Gasteiger partial charge in [0.15, 0.2) is 0 Å². The molecule has 6 heteroatoms. The van der Waals surface area contributed by atoms with Gasteiger partial charge in [-0.2, -0.15) is 0 Å². The van der Waals surface area contributed by atoms with Crippen LogP contribution in [-0.4, -0.2) is 47.0 Å². The summed E-state index contributed by atoms with van der Waals surface area (Å²) in [5, 5.41) is 3.14. The zero-order chi connectivity index (χ0) is 15.2. The lowest BCUT2D eigenvalue weighted by Gasteiger charge is -2.26. The monoisotopic (exact) mass is 313 g/mol. The Bertz CT molecular complexity index is 378. The molecule has 2 amide bonds. The molecule has 0 bridgehead atoms. The highest BCUT2D eigenvalue weighted by Crippen LogP contribution is 2.26. The van der Waals surface area contributed by atoms with Gasteiger partial charge < -0.3 is 16.0 Å². The van der Waals surface area contributed by atoms with Crippen LogP contribution in [0, 0.1) is 5.92 Å². The van der Waals surface area contributed by atoms with Crippen molar-refractivity contribution >= 4 is 23.6 Å². The number of rotatable bonds is 6. The van der Waals surface area contributed by atoms with Crippen molar-refractivity contribution < 1.29 is 9.59 Å². The van der Waals surface area contributed by atoms with Gasteiger partial charge in [-0.25, -0.2) is 0 Å². The Hall–Kier alpha value is -0.750. The molecular formula is C15H27N3O2S. The van der Waals surface area contributed by atoms with Crippen molar-refractivity contribution in [2.24, 2.45) is 11.7 Å². The normalized spacial score (nSPS) is 28.9. The Kier molecular flexibility index (Phi) is 6.36. The molecule has 1 aliphatic heterocycles. The van der Waals surface area contributed by atoms with Gasteiger partial charge in [0.1, 0.15) is 6.04 Å². The maximum absolute atomic E-state index is 12.5. The van der Waals surface area contributed by atoms with E-state index in [2.05, 4.69) is 12.2 Å². The van der Waals surface area contributed by atoms with Crippen LogP contribution in [0.25, 0.3) is 0 Å². The first-order valence-electron chi connectivity index (χ1n) is 8.05. The molecule has 1 aliphatic carbocycles. The van der Waals surface area contributed by atoms with Crippen LogP contribution in [0.15, 0.2) is 0 Å². The van der Waals surface area contributed by atoms with E-state index in [0.29, 0.717) is 30.5 Å². The van der Waals surface area contributed by atoms with E-state index < -0.39 is 0 Å². The molecule has 3 unspecified atom stereocenters. The van der Waals surface area contributed by atoms with Crippen molar-refractivity contribution in [2.75, 3.05) is 18.2 Å². The van der Waals surface area contributed by atoms with E-state index in [1.165, 1.54) is 0 Å². The van der Waals surface area contributed by atoms with E-state index in [0.717, 1.165) is 32.1 Å². The van der Waals surface area contributed by atoms with Crippen LogP contribution in [0.2, 0.25) is 0 Å². The van der Waals surface area contributed by atoms with Gasteiger partial charge in [-0.3, -0.25) is 9.59 Å². The van der Waals surface area contributed by atoms with Crippen LogP contribution in [0.3, 0.4) is 0 Å². The van der Waals surface area contributed by atoms with Gasteiger partial charge in [-0.1, -0.05) is 19.8 Å². The van der Waals surface area contributed by atoms with Crippen molar-refractivity contribution in [3.63, 3.8) is 0 Å². The van der Waals surface area contributed by atoms with Crippen molar-refractivity contribution in [3.05, 3.63) is 0 Å². The van der Waals surface area contributed by atoms with Gasteiger partial charge in [0.25, 0.3) is 0 Å². The van der Waals surface area contributed by atoms with Crippen molar-refractivity contribution in [2.45, 2.75) is 57.5 Å². The first kappa shape index (κ1) is 16.6. The van der Waals surface area contributed by atoms with Gasteiger partial charge in [0.05, 0.1) is 5.88 Å². The van der Waals surface area contributed by atoms with Gasteiger partial charge in [-0.05, 0) is 31.7 Å². The SMILES string of the molecule is CCCCC(=O)N1CSCC1C(=O)NC1CCCC1CN. The molecule has 2 fully saturated rings. The van der Waals surface area contributed by atoms with Gasteiger partial charge >= 0.3 is 0 Å². The minimum absolute atomic E-state index is 0.00944. The lowest BCUT2D eigenvalue weighted by atomic mass is 10.0. The van der Waals surface area contributed by atoms with Crippen LogP contribution < -0.4 is 11.1 Å². The number of hydrogen-bond donors (Lipinski definition) is 2. The lowest BCUT2D eigenvalue weighted by molar-refractivity contribution is -0.138. The first-order valence-corrected chi connectivity index (χ1v) is 9.20. The summed E-state index contributed by atoms with van der Waals surface area (Å²) in [6, 6.07) is -0.0981. The van der Waals surface area contributed by atoms with Gasteiger partial charge in [0.2, 0.25) is 11.8 Å². The largest absolute Gasteiger partial charge is 0.351 e. The third-order valence-electron chi connectivity index (χ3n) is 4.54. The average molecular weight is 313 g/mol. The summed E-state index contributed by atoms with van der Waals surface area (Å²) in [4.78, 5) is 26.4. The molecule has 5 nitrogen and oxygen atoms in total. The molecule has 1 saturated carbocycles. The first-order chi connectivity index (χ1) is 10.2. The molecule has 1 heterocycles. The van der Waals surface area contributed by atoms with E-state index in [9.17, 15) is 9.59 Å². The van der Waals surface area contributed by atoms with Gasteiger partial charge in [-0.15, -0.1) is 11.8 Å². The molecular weight excluding hydrogens is 286 g/mol. The fraction of sp³-hybridized carbons (Fsp3) is 0.867. The zero-order valence-electron chi connectivity index (χ0n) is 12.8. The van der Waals surface area contributed by atoms with Crippen molar-refractivity contribution in [3.8, 4) is 0 Å². The summed E-state index contributed by atoms with van der Waals surface area (Å²) < 4.78 is 0. The number of carbonyl (C=O) groups excluding carboxylic acids is 2. The highest BCUT2D eigenvalue weighted by atomic mass is 32.2. The molecule has 0 radical (unpaired) electrons. The Morgan fingerprint density at radius 3 is 2.90 bits per heavy atom. The summed E-state index contributed by atoms with van der Waals surface area (Å²) in [6.07, 6.45) is 5.69. The highest BCUT2D eigenvalue weighted by Gasteiger charge is 2.36. The third-order valence-corrected chi connectivity index (χ3v) is 5.55. The summed E-state index contributed by atoms with van der Waals surface area (Å²) in [5.41, 5.74) is 5.76. The number of nitrogens with two attached hydrogens (primary N) is 1. The maximum Gasteiger partial charge on any atom is 0.243 e. The highest BCUT2D eigenvalue weighted by molar-refractivity contribution is 7.99. The summed E-state index contributed by atoms with van der Waals surface area (Å²) in [7, 11) is 0. The lowest BCUT2D eigenvalue weighted by Crippen LogP contribution is -2.51. The molecule has 2 rings (SSSR count). The van der Waals surface area contributed by atoms with E-state index in [4.69, 9.17) is 5.73 Å². The van der Waals surface area contributed by atoms with Crippen LogP contribution in [-0.2, 0) is 9.59 Å². The fourth-order valence-corrected chi connectivity index (χ4v) is 4.35. The van der Waals surface area contributed by atoms with E-state index >= 15 is 0 Å². The minimum Gasteiger partial charge on any atom is -0.351 e. The fourth-order valence-electron chi connectivity index (χ4n) is 3.17. The van der Waals surface area contributed by atoms with Crippen LogP contribution in [0.1, 0.15) is 45.4 Å². The second-order valence-corrected chi connectivity index (χ2v) is 7.02. The van der Waals surface area contributed by atoms with E-state index in [-0.39, 0.29) is 23.9 Å². The van der Waals surface area contributed by atoms with Crippen molar-refractivity contribution in [1.29, 1.82) is 0 Å². The molecule has 2 aliphatic rings. The molecule has 0 aromatic rings. The molecule has 0 spiro atoms. The Balaban J connectivity index is 1.89. The molecule has 120 valence electrons. The second-order valence-electron chi connectivity index (χ2n) is 6.02. The Morgan fingerprint density at radius 2 is 2.19 bits per heavy atom. The number of amides is 2.